The Morgan fingerprint density at radius 2 is 1.93 bits per heavy atom. The van der Waals surface area contributed by atoms with E-state index in [0.717, 1.165) is 23.1 Å². The summed E-state index contributed by atoms with van der Waals surface area (Å²) in [7, 11) is 0. The van der Waals surface area contributed by atoms with E-state index in [4.69, 9.17) is 21.1 Å². The van der Waals surface area contributed by atoms with Crippen LogP contribution in [-0.4, -0.2) is 35.8 Å². The number of hydrogen-bond donors (Lipinski definition) is 0. The maximum atomic E-state index is 12.5. The van der Waals surface area contributed by atoms with Crippen molar-refractivity contribution < 1.29 is 19.1 Å². The van der Waals surface area contributed by atoms with Gasteiger partial charge in [-0.3, -0.25) is 14.5 Å². The van der Waals surface area contributed by atoms with Crippen LogP contribution in [0.15, 0.2) is 53.4 Å². The van der Waals surface area contributed by atoms with Crippen molar-refractivity contribution in [3.05, 3.63) is 64.0 Å². The Balaban J connectivity index is 1.64. The number of para-hydroxylation sites is 1. The molecule has 0 radical (unpaired) electrons. The molecule has 7 heteroatoms. The zero-order valence-electron chi connectivity index (χ0n) is 14.7. The van der Waals surface area contributed by atoms with Crippen LogP contribution < -0.4 is 9.47 Å². The molecule has 1 heterocycles. The first-order valence-electron chi connectivity index (χ1n) is 8.44. The number of rotatable bonds is 7. The van der Waals surface area contributed by atoms with E-state index < -0.39 is 0 Å². The summed E-state index contributed by atoms with van der Waals surface area (Å²) in [5.41, 5.74) is 0.804. The van der Waals surface area contributed by atoms with Crippen molar-refractivity contribution >= 4 is 40.6 Å². The third-order valence-corrected chi connectivity index (χ3v) is 4.97. The summed E-state index contributed by atoms with van der Waals surface area (Å²) in [6.07, 6.45) is 1.70. The van der Waals surface area contributed by atoms with Gasteiger partial charge in [0.05, 0.1) is 23.1 Å². The smallest absolute Gasteiger partial charge is 0.293 e. The van der Waals surface area contributed by atoms with Gasteiger partial charge in [0.15, 0.2) is 0 Å². The van der Waals surface area contributed by atoms with Gasteiger partial charge in [-0.15, -0.1) is 0 Å². The molecule has 2 aromatic rings. The fourth-order valence-corrected chi connectivity index (χ4v) is 3.57. The molecule has 2 amide bonds. The zero-order chi connectivity index (χ0) is 19.2. The Morgan fingerprint density at radius 1 is 1.11 bits per heavy atom. The standard InChI is InChI=1S/C20H18ClNO4S/c1-2-25-15-7-5-6-14(12-15)13-18-19(23)22(20(24)27-18)10-11-26-17-9-4-3-8-16(17)21/h3-9,12-13H,2,10-11H2,1H3/b18-13-. The second kappa shape index (κ2) is 8.97. The van der Waals surface area contributed by atoms with Crippen LogP contribution in [-0.2, 0) is 4.79 Å². The number of ether oxygens (including phenoxy) is 2. The number of nitrogens with zero attached hydrogens (tertiary/aromatic N) is 1. The minimum absolute atomic E-state index is 0.159. The summed E-state index contributed by atoms with van der Waals surface area (Å²) in [6, 6.07) is 14.4. The van der Waals surface area contributed by atoms with Crippen LogP contribution in [0, 0.1) is 0 Å². The predicted molar refractivity (Wildman–Crippen MR) is 107 cm³/mol. The molecule has 0 N–H and O–H groups in total. The molecule has 1 saturated heterocycles. The topological polar surface area (TPSA) is 55.8 Å². The van der Waals surface area contributed by atoms with Crippen molar-refractivity contribution in [2.24, 2.45) is 0 Å². The molecule has 2 aromatic carbocycles. The van der Waals surface area contributed by atoms with Crippen molar-refractivity contribution in [1.82, 2.24) is 4.90 Å². The normalized spacial score (nSPS) is 15.5. The second-order valence-electron chi connectivity index (χ2n) is 5.62. The second-order valence-corrected chi connectivity index (χ2v) is 7.02. The van der Waals surface area contributed by atoms with Crippen LogP contribution in [0.4, 0.5) is 4.79 Å². The van der Waals surface area contributed by atoms with E-state index in [1.165, 1.54) is 4.90 Å². The number of carbonyl (C=O) groups excluding carboxylic acids is 2. The quantitative estimate of drug-likeness (QED) is 0.618. The number of amides is 2. The summed E-state index contributed by atoms with van der Waals surface area (Å²) < 4.78 is 11.0. The third kappa shape index (κ3) is 4.84. The lowest BCUT2D eigenvalue weighted by molar-refractivity contribution is -0.123. The molecule has 0 bridgehead atoms. The average Bonchev–Trinajstić information content (AvgIpc) is 2.91. The number of carbonyl (C=O) groups is 2. The summed E-state index contributed by atoms with van der Waals surface area (Å²) in [5, 5.41) is 0.177. The number of halogens is 1. The first kappa shape index (κ1) is 19.3. The number of hydrogen-bond acceptors (Lipinski definition) is 5. The number of thioether (sulfide) groups is 1. The van der Waals surface area contributed by atoms with Crippen molar-refractivity contribution in [3.8, 4) is 11.5 Å². The molecule has 27 heavy (non-hydrogen) atoms. The molecule has 140 valence electrons. The van der Waals surface area contributed by atoms with Gasteiger partial charge < -0.3 is 9.47 Å². The molecule has 0 aliphatic carbocycles. The molecule has 5 nitrogen and oxygen atoms in total. The highest BCUT2D eigenvalue weighted by Crippen LogP contribution is 2.32. The lowest BCUT2D eigenvalue weighted by atomic mass is 10.2. The van der Waals surface area contributed by atoms with Crippen LogP contribution >= 0.6 is 23.4 Å². The molecular formula is C20H18ClNO4S. The molecule has 0 saturated carbocycles. The van der Waals surface area contributed by atoms with Crippen molar-refractivity contribution in [1.29, 1.82) is 0 Å². The fourth-order valence-electron chi connectivity index (χ4n) is 2.51. The Morgan fingerprint density at radius 3 is 2.70 bits per heavy atom. The molecule has 0 spiro atoms. The van der Waals surface area contributed by atoms with Crippen LogP contribution in [0.5, 0.6) is 11.5 Å². The van der Waals surface area contributed by atoms with Crippen LogP contribution in [0.1, 0.15) is 12.5 Å². The highest BCUT2D eigenvalue weighted by molar-refractivity contribution is 8.18. The average molecular weight is 404 g/mol. The van der Waals surface area contributed by atoms with E-state index in [2.05, 4.69) is 0 Å². The SMILES string of the molecule is CCOc1cccc(/C=C2\SC(=O)N(CCOc3ccccc3Cl)C2=O)c1. The summed E-state index contributed by atoms with van der Waals surface area (Å²) >= 11 is 6.95. The van der Waals surface area contributed by atoms with E-state index >= 15 is 0 Å². The minimum Gasteiger partial charge on any atom is -0.494 e. The van der Waals surface area contributed by atoms with Gasteiger partial charge in [-0.25, -0.2) is 0 Å². The molecule has 1 aliphatic heterocycles. The van der Waals surface area contributed by atoms with Crippen molar-refractivity contribution in [3.63, 3.8) is 0 Å². The van der Waals surface area contributed by atoms with Crippen molar-refractivity contribution in [2.45, 2.75) is 6.92 Å². The molecule has 0 aromatic heterocycles. The van der Waals surface area contributed by atoms with E-state index in [1.54, 1.807) is 30.3 Å². The largest absolute Gasteiger partial charge is 0.494 e. The van der Waals surface area contributed by atoms with E-state index in [0.29, 0.717) is 22.3 Å². The molecular weight excluding hydrogens is 386 g/mol. The first-order chi connectivity index (χ1) is 13.1. The van der Waals surface area contributed by atoms with Gasteiger partial charge in [0.1, 0.15) is 18.1 Å². The molecule has 1 aliphatic rings. The lowest BCUT2D eigenvalue weighted by Gasteiger charge is -2.13. The maximum Gasteiger partial charge on any atom is 0.293 e. The van der Waals surface area contributed by atoms with Gasteiger partial charge >= 0.3 is 0 Å². The van der Waals surface area contributed by atoms with Gasteiger partial charge in [0.25, 0.3) is 11.1 Å². The maximum absolute atomic E-state index is 12.5. The summed E-state index contributed by atoms with van der Waals surface area (Å²) in [6.45, 7) is 2.80. The molecule has 1 fully saturated rings. The summed E-state index contributed by atoms with van der Waals surface area (Å²) in [4.78, 5) is 26.3. The van der Waals surface area contributed by atoms with Gasteiger partial charge in [-0.2, -0.15) is 0 Å². The highest BCUT2D eigenvalue weighted by atomic mass is 35.5. The summed E-state index contributed by atoms with van der Waals surface area (Å²) in [5.74, 6) is 0.919. The molecule has 0 atom stereocenters. The Labute approximate surface area is 166 Å². The van der Waals surface area contributed by atoms with Crippen molar-refractivity contribution in [2.75, 3.05) is 19.8 Å². The monoisotopic (exact) mass is 403 g/mol. The Hall–Kier alpha value is -2.44. The zero-order valence-corrected chi connectivity index (χ0v) is 16.3. The van der Waals surface area contributed by atoms with Gasteiger partial charge in [-0.05, 0) is 54.6 Å². The van der Waals surface area contributed by atoms with Crippen LogP contribution in [0.2, 0.25) is 5.02 Å². The van der Waals surface area contributed by atoms with Crippen LogP contribution in [0.25, 0.3) is 6.08 Å². The van der Waals surface area contributed by atoms with E-state index in [-0.39, 0.29) is 24.3 Å². The first-order valence-corrected chi connectivity index (χ1v) is 9.63. The highest BCUT2D eigenvalue weighted by Gasteiger charge is 2.34. The number of imide groups is 1. The fraction of sp³-hybridized carbons (Fsp3) is 0.200. The molecule has 3 rings (SSSR count). The van der Waals surface area contributed by atoms with Gasteiger partial charge in [0.2, 0.25) is 0 Å². The Bertz CT molecular complexity index is 884. The predicted octanol–water partition coefficient (Wildman–Crippen LogP) is 4.85. The van der Waals surface area contributed by atoms with E-state index in [1.807, 2.05) is 31.2 Å². The van der Waals surface area contributed by atoms with E-state index in [9.17, 15) is 9.59 Å². The third-order valence-electron chi connectivity index (χ3n) is 3.75. The van der Waals surface area contributed by atoms with Gasteiger partial charge in [0, 0.05) is 0 Å². The Kier molecular flexibility index (Phi) is 6.42. The number of benzene rings is 2. The lowest BCUT2D eigenvalue weighted by Crippen LogP contribution is -2.32. The minimum atomic E-state index is -0.324. The van der Waals surface area contributed by atoms with Crippen LogP contribution in [0.3, 0.4) is 0 Å². The molecule has 0 unspecified atom stereocenters. The van der Waals surface area contributed by atoms with Gasteiger partial charge in [-0.1, -0.05) is 35.9 Å².